The summed E-state index contributed by atoms with van der Waals surface area (Å²) in [5.74, 6) is 2.81. The number of rotatable bonds is 5. The van der Waals surface area contributed by atoms with Crippen molar-refractivity contribution in [2.75, 3.05) is 11.9 Å². The summed E-state index contributed by atoms with van der Waals surface area (Å²) in [6, 6.07) is 7.34. The highest BCUT2D eigenvalue weighted by Crippen LogP contribution is 2.33. The molecule has 132 valence electrons. The van der Waals surface area contributed by atoms with Crippen LogP contribution in [0.3, 0.4) is 0 Å². The molecule has 0 aliphatic carbocycles. The van der Waals surface area contributed by atoms with Crippen LogP contribution in [0, 0.1) is 12.3 Å². The van der Waals surface area contributed by atoms with E-state index in [1.807, 2.05) is 36.6 Å². The molecule has 0 aliphatic rings. The summed E-state index contributed by atoms with van der Waals surface area (Å²) in [7, 11) is 0. The summed E-state index contributed by atoms with van der Waals surface area (Å²) >= 11 is 4.71. The Bertz CT molecular complexity index is 790. The molecular weight excluding hydrogens is 402 g/mol. The smallest absolute Gasteiger partial charge is 0.321 e. The van der Waals surface area contributed by atoms with Gasteiger partial charge in [0.1, 0.15) is 0 Å². The van der Waals surface area contributed by atoms with E-state index in [4.69, 9.17) is 6.42 Å². The molecule has 0 aliphatic heterocycles. The SMILES string of the molecule is C#C[C@@](C)(c1ccc(Br)cc1)c1csc(NC(=O)NCC(C)(C)O)n1. The molecule has 3 N–H and O–H groups in total. The van der Waals surface area contributed by atoms with Crippen molar-refractivity contribution < 1.29 is 9.90 Å². The van der Waals surface area contributed by atoms with Crippen molar-refractivity contribution in [3.8, 4) is 12.3 Å². The van der Waals surface area contributed by atoms with Gasteiger partial charge in [0.2, 0.25) is 0 Å². The van der Waals surface area contributed by atoms with Crippen LogP contribution < -0.4 is 10.6 Å². The molecule has 0 saturated carbocycles. The Hall–Kier alpha value is -1.88. The third-order valence-corrected chi connectivity index (χ3v) is 4.92. The monoisotopic (exact) mass is 421 g/mol. The molecule has 25 heavy (non-hydrogen) atoms. The summed E-state index contributed by atoms with van der Waals surface area (Å²) in [5, 5.41) is 17.2. The van der Waals surface area contributed by atoms with Gasteiger partial charge in [-0.15, -0.1) is 17.8 Å². The lowest BCUT2D eigenvalue weighted by Crippen LogP contribution is -2.40. The van der Waals surface area contributed by atoms with Gasteiger partial charge in [-0.25, -0.2) is 9.78 Å². The van der Waals surface area contributed by atoms with Gasteiger partial charge in [-0.3, -0.25) is 5.32 Å². The van der Waals surface area contributed by atoms with Crippen LogP contribution in [0.2, 0.25) is 0 Å². The fourth-order valence-corrected chi connectivity index (χ4v) is 3.17. The van der Waals surface area contributed by atoms with Gasteiger partial charge in [-0.05, 0) is 38.5 Å². The first-order chi connectivity index (χ1) is 11.6. The number of thiazole rings is 1. The van der Waals surface area contributed by atoms with Gasteiger partial charge in [0.15, 0.2) is 5.13 Å². The molecule has 7 heteroatoms. The molecule has 1 aromatic heterocycles. The third-order valence-electron chi connectivity index (χ3n) is 3.63. The Kier molecular flexibility index (Phi) is 5.88. The molecule has 2 rings (SSSR count). The van der Waals surface area contributed by atoms with Gasteiger partial charge in [0.05, 0.1) is 16.7 Å². The highest BCUT2D eigenvalue weighted by atomic mass is 79.9. The summed E-state index contributed by atoms with van der Waals surface area (Å²) < 4.78 is 0.972. The van der Waals surface area contributed by atoms with Crippen molar-refractivity contribution >= 4 is 38.4 Å². The van der Waals surface area contributed by atoms with Crippen LogP contribution in [0.4, 0.5) is 9.93 Å². The van der Waals surface area contributed by atoms with Crippen molar-refractivity contribution in [1.82, 2.24) is 10.3 Å². The number of urea groups is 1. The number of terminal acetylenes is 1. The number of anilines is 1. The highest BCUT2D eigenvalue weighted by molar-refractivity contribution is 9.10. The predicted molar refractivity (Wildman–Crippen MR) is 105 cm³/mol. The lowest BCUT2D eigenvalue weighted by Gasteiger charge is -2.22. The Labute approximate surface area is 160 Å². The summed E-state index contributed by atoms with van der Waals surface area (Å²) in [5.41, 5.74) is -0.0305. The molecule has 1 atom stereocenters. The zero-order valence-electron chi connectivity index (χ0n) is 14.3. The maximum absolute atomic E-state index is 11.9. The first-order valence-electron chi connectivity index (χ1n) is 7.61. The molecule has 0 unspecified atom stereocenters. The van der Waals surface area contributed by atoms with E-state index in [9.17, 15) is 9.90 Å². The van der Waals surface area contributed by atoms with Crippen molar-refractivity contribution in [3.05, 3.63) is 45.4 Å². The standard InChI is InChI=1S/C18H20BrN3O2S/c1-5-18(4,12-6-8-13(19)9-7-12)14-10-25-16(21-14)22-15(23)20-11-17(2,3)24/h1,6-10,24H,11H2,2-4H3,(H2,20,21,22,23)/t18-/m0/s1. The number of carbonyl (C=O) groups excluding carboxylic acids is 1. The van der Waals surface area contributed by atoms with Crippen LogP contribution in [-0.2, 0) is 5.41 Å². The molecule has 5 nitrogen and oxygen atoms in total. The first-order valence-corrected chi connectivity index (χ1v) is 9.28. The maximum Gasteiger partial charge on any atom is 0.321 e. The van der Waals surface area contributed by atoms with Gasteiger partial charge in [0, 0.05) is 16.4 Å². The number of nitrogens with zero attached hydrogens (tertiary/aromatic N) is 1. The molecular formula is C18H20BrN3O2S. The molecule has 1 aromatic carbocycles. The summed E-state index contributed by atoms with van der Waals surface area (Å²) in [4.78, 5) is 16.3. The van der Waals surface area contributed by atoms with Crippen LogP contribution in [0.5, 0.6) is 0 Å². The minimum atomic E-state index is -0.977. The van der Waals surface area contributed by atoms with Crippen LogP contribution in [0.25, 0.3) is 0 Å². The zero-order chi connectivity index (χ0) is 18.7. The van der Waals surface area contributed by atoms with Gasteiger partial charge in [0.25, 0.3) is 0 Å². The molecule has 0 fully saturated rings. The largest absolute Gasteiger partial charge is 0.389 e. The second-order valence-corrected chi connectivity index (χ2v) is 8.21. The lowest BCUT2D eigenvalue weighted by molar-refractivity contribution is 0.0826. The van der Waals surface area contributed by atoms with Crippen molar-refractivity contribution in [3.63, 3.8) is 0 Å². The van der Waals surface area contributed by atoms with Gasteiger partial charge in [-0.1, -0.05) is 34.0 Å². The number of nitrogens with one attached hydrogen (secondary N) is 2. The molecule has 0 bridgehead atoms. The first kappa shape index (κ1) is 19.4. The lowest BCUT2D eigenvalue weighted by atomic mass is 9.81. The van der Waals surface area contributed by atoms with E-state index < -0.39 is 17.0 Å². The number of hydrogen-bond donors (Lipinski definition) is 3. The van der Waals surface area contributed by atoms with Crippen molar-refractivity contribution in [1.29, 1.82) is 0 Å². The van der Waals surface area contributed by atoms with E-state index in [1.54, 1.807) is 13.8 Å². The van der Waals surface area contributed by atoms with Crippen molar-refractivity contribution in [2.24, 2.45) is 0 Å². The predicted octanol–water partition coefficient (Wildman–Crippen LogP) is 3.74. The van der Waals surface area contributed by atoms with E-state index in [1.165, 1.54) is 11.3 Å². The van der Waals surface area contributed by atoms with E-state index in [2.05, 4.69) is 37.5 Å². The van der Waals surface area contributed by atoms with E-state index in [0.29, 0.717) is 10.8 Å². The average Bonchev–Trinajstić information content (AvgIpc) is 3.01. The number of hydrogen-bond acceptors (Lipinski definition) is 4. The van der Waals surface area contributed by atoms with Crippen molar-refractivity contribution in [2.45, 2.75) is 31.8 Å². The van der Waals surface area contributed by atoms with Crippen LogP contribution in [-0.4, -0.2) is 28.3 Å². The fourth-order valence-electron chi connectivity index (χ4n) is 2.09. The Morgan fingerprint density at radius 1 is 1.36 bits per heavy atom. The number of amides is 2. The summed E-state index contributed by atoms with van der Waals surface area (Å²) in [6.07, 6.45) is 5.79. The number of carbonyl (C=O) groups is 1. The van der Waals surface area contributed by atoms with E-state index >= 15 is 0 Å². The molecule has 2 amide bonds. The van der Waals surface area contributed by atoms with Crippen LogP contribution >= 0.6 is 27.3 Å². The van der Waals surface area contributed by atoms with E-state index in [0.717, 1.165) is 10.0 Å². The highest BCUT2D eigenvalue weighted by Gasteiger charge is 2.29. The molecule has 1 heterocycles. The molecule has 0 radical (unpaired) electrons. The molecule has 0 spiro atoms. The van der Waals surface area contributed by atoms with Gasteiger partial charge in [-0.2, -0.15) is 0 Å². The third kappa shape index (κ3) is 5.05. The zero-order valence-corrected chi connectivity index (χ0v) is 16.7. The average molecular weight is 422 g/mol. The molecule has 2 aromatic rings. The van der Waals surface area contributed by atoms with E-state index in [-0.39, 0.29) is 6.54 Å². The van der Waals surface area contributed by atoms with Crippen LogP contribution in [0.1, 0.15) is 32.0 Å². The van der Waals surface area contributed by atoms with Gasteiger partial charge >= 0.3 is 6.03 Å². The Morgan fingerprint density at radius 3 is 2.56 bits per heavy atom. The minimum absolute atomic E-state index is 0.137. The maximum atomic E-state index is 11.9. The summed E-state index contributed by atoms with van der Waals surface area (Å²) in [6.45, 7) is 5.29. The number of aliphatic hydroxyl groups is 1. The quantitative estimate of drug-likeness (QED) is 0.643. The normalized spacial score (nSPS) is 13.6. The second kappa shape index (κ2) is 7.56. The number of aromatic nitrogens is 1. The molecule has 0 saturated heterocycles. The van der Waals surface area contributed by atoms with Crippen LogP contribution in [0.15, 0.2) is 34.1 Å². The Balaban J connectivity index is 2.15. The Morgan fingerprint density at radius 2 is 2.00 bits per heavy atom. The van der Waals surface area contributed by atoms with Gasteiger partial charge < -0.3 is 10.4 Å². The fraction of sp³-hybridized carbons (Fsp3) is 0.333. The number of benzene rings is 1. The minimum Gasteiger partial charge on any atom is -0.389 e. The number of halogens is 1. The second-order valence-electron chi connectivity index (χ2n) is 6.43. The topological polar surface area (TPSA) is 74.2 Å².